The van der Waals surface area contributed by atoms with E-state index in [0.717, 1.165) is 22.7 Å². The number of hydrogen-bond acceptors (Lipinski definition) is 7. The van der Waals surface area contributed by atoms with Crippen LogP contribution in [0.3, 0.4) is 0 Å². The lowest BCUT2D eigenvalue weighted by molar-refractivity contribution is -0.944. The Morgan fingerprint density at radius 1 is 1.03 bits per heavy atom. The van der Waals surface area contributed by atoms with E-state index in [4.69, 9.17) is 4.74 Å². The minimum absolute atomic E-state index is 0.0472. The Morgan fingerprint density at radius 3 is 2.36 bits per heavy atom. The first-order valence-corrected chi connectivity index (χ1v) is 12.1. The minimum Gasteiger partial charge on any atom is -0.479 e. The van der Waals surface area contributed by atoms with Gasteiger partial charge in [-0.25, -0.2) is 4.79 Å². The Morgan fingerprint density at radius 2 is 1.69 bits per heavy atom. The van der Waals surface area contributed by atoms with Gasteiger partial charge in [0.25, 0.3) is 0 Å². The van der Waals surface area contributed by atoms with Crippen molar-refractivity contribution < 1.29 is 47.6 Å². The number of aliphatic hydroxyl groups excluding tert-OH is 3. The maximum atomic E-state index is 13.4. The van der Waals surface area contributed by atoms with Crippen molar-refractivity contribution in [3.63, 3.8) is 0 Å². The lowest BCUT2D eigenvalue weighted by Gasteiger charge is -2.46. The number of para-hydroxylation sites is 1. The molecule has 5 atom stereocenters. The van der Waals surface area contributed by atoms with Gasteiger partial charge in [-0.2, -0.15) is 13.2 Å². The highest BCUT2D eigenvalue weighted by molar-refractivity contribution is 7.99. The number of alkyl halides is 3. The summed E-state index contributed by atoms with van der Waals surface area (Å²) >= 11 is 1.40. The third kappa shape index (κ3) is 5.06. The van der Waals surface area contributed by atoms with Crippen LogP contribution in [0.25, 0.3) is 0 Å². The van der Waals surface area contributed by atoms with Gasteiger partial charge in [0, 0.05) is 22.8 Å². The largest absolute Gasteiger partial charge is 0.479 e. The Labute approximate surface area is 210 Å². The molecule has 2 aliphatic rings. The van der Waals surface area contributed by atoms with Crippen LogP contribution in [0.4, 0.5) is 24.5 Å². The Hall–Kier alpha value is -2.35. The first-order chi connectivity index (χ1) is 16.8. The van der Waals surface area contributed by atoms with Crippen molar-refractivity contribution in [3.8, 4) is 0 Å². The van der Waals surface area contributed by atoms with E-state index < -0.39 is 48.4 Å². The molecule has 12 heteroatoms. The number of carboxylic acids is 1. The van der Waals surface area contributed by atoms with Crippen molar-refractivity contribution in [1.29, 1.82) is 0 Å². The van der Waals surface area contributed by atoms with Crippen LogP contribution < -0.4 is 4.90 Å². The van der Waals surface area contributed by atoms with Crippen LogP contribution in [0.5, 0.6) is 0 Å². The Balaban J connectivity index is 1.55. The number of nitrogens with zero attached hydrogens (tertiary/aromatic N) is 2. The maximum absolute atomic E-state index is 13.4. The van der Waals surface area contributed by atoms with Gasteiger partial charge in [-0.3, -0.25) is 0 Å². The summed E-state index contributed by atoms with van der Waals surface area (Å²) in [4.78, 5) is 14.9. The van der Waals surface area contributed by atoms with Crippen molar-refractivity contribution in [2.24, 2.45) is 0 Å². The summed E-state index contributed by atoms with van der Waals surface area (Å²) in [7, 11) is 3.37. The molecular weight excluding hydrogens is 501 g/mol. The molecule has 2 aromatic rings. The SMILES string of the molecule is C[N+](C)(CCCN1c2ccccc2Sc2ccc(C(F)(F)F)cc21)C1OC(C(=O)O)C(O)C(O)C1O. The van der Waals surface area contributed by atoms with Gasteiger partial charge in [0.15, 0.2) is 12.2 Å². The lowest BCUT2D eigenvalue weighted by Crippen LogP contribution is -2.68. The minimum atomic E-state index is -4.48. The molecule has 36 heavy (non-hydrogen) atoms. The first-order valence-electron chi connectivity index (χ1n) is 11.3. The molecule has 196 valence electrons. The number of benzene rings is 2. The third-order valence-electron chi connectivity index (χ3n) is 6.59. The molecule has 8 nitrogen and oxygen atoms in total. The van der Waals surface area contributed by atoms with Gasteiger partial charge in [0.2, 0.25) is 6.23 Å². The second kappa shape index (κ2) is 9.84. The van der Waals surface area contributed by atoms with Crippen LogP contribution >= 0.6 is 11.8 Å². The van der Waals surface area contributed by atoms with E-state index in [1.807, 2.05) is 29.2 Å². The molecule has 5 unspecified atom stereocenters. The highest BCUT2D eigenvalue weighted by Gasteiger charge is 2.52. The number of halogens is 3. The number of aliphatic hydroxyl groups is 3. The van der Waals surface area contributed by atoms with E-state index in [9.17, 15) is 38.4 Å². The average molecular weight is 530 g/mol. The number of anilines is 2. The fourth-order valence-corrected chi connectivity index (χ4v) is 5.73. The molecule has 2 heterocycles. The smallest absolute Gasteiger partial charge is 0.416 e. The molecule has 0 saturated carbocycles. The number of likely N-dealkylation sites (N-methyl/N-ethyl adjacent to an activating group) is 1. The summed E-state index contributed by atoms with van der Waals surface area (Å²) in [6.45, 7) is 0.668. The molecule has 0 amide bonds. The molecule has 1 saturated heterocycles. The van der Waals surface area contributed by atoms with Crippen molar-refractivity contribution in [2.75, 3.05) is 32.1 Å². The van der Waals surface area contributed by atoms with Crippen LogP contribution in [0.15, 0.2) is 52.3 Å². The quantitative estimate of drug-likeness (QED) is 0.423. The molecule has 0 radical (unpaired) electrons. The van der Waals surface area contributed by atoms with Crippen LogP contribution in [0, 0.1) is 0 Å². The normalized spacial score (nSPS) is 26.3. The molecule has 2 aromatic carbocycles. The van der Waals surface area contributed by atoms with Crippen molar-refractivity contribution in [3.05, 3.63) is 48.0 Å². The number of hydrogen-bond donors (Lipinski definition) is 4. The number of carbonyl (C=O) groups is 1. The van der Waals surface area contributed by atoms with Crippen LogP contribution in [-0.2, 0) is 15.7 Å². The van der Waals surface area contributed by atoms with Crippen LogP contribution in [0.2, 0.25) is 0 Å². The highest BCUT2D eigenvalue weighted by atomic mass is 32.2. The zero-order valence-electron chi connectivity index (χ0n) is 19.6. The first kappa shape index (κ1) is 26.7. The molecule has 1 fully saturated rings. The zero-order chi connectivity index (χ0) is 26.4. The number of aliphatic carboxylic acids is 1. The lowest BCUT2D eigenvalue weighted by atomic mass is 9.96. The van der Waals surface area contributed by atoms with Gasteiger partial charge in [0.1, 0.15) is 12.2 Å². The summed E-state index contributed by atoms with van der Waals surface area (Å²) in [5.74, 6) is -1.46. The second-order valence-corrected chi connectivity index (χ2v) is 10.6. The Bertz CT molecular complexity index is 1130. The third-order valence-corrected chi connectivity index (χ3v) is 7.72. The molecule has 2 aliphatic heterocycles. The fourth-order valence-electron chi connectivity index (χ4n) is 4.65. The van der Waals surface area contributed by atoms with Crippen LogP contribution in [0.1, 0.15) is 12.0 Å². The summed E-state index contributed by atoms with van der Waals surface area (Å²) in [6.07, 6.45) is -11.9. The van der Waals surface area contributed by atoms with Gasteiger partial charge in [-0.15, -0.1) is 0 Å². The number of ether oxygens (including phenoxy) is 1. The van der Waals surface area contributed by atoms with E-state index in [-0.39, 0.29) is 4.48 Å². The second-order valence-electron chi connectivity index (χ2n) is 9.51. The highest BCUT2D eigenvalue weighted by Crippen LogP contribution is 2.49. The fraction of sp³-hybridized carbons (Fsp3) is 0.458. The number of rotatable bonds is 6. The predicted octanol–water partition coefficient (Wildman–Crippen LogP) is 2.67. The van der Waals surface area contributed by atoms with Gasteiger partial charge < -0.3 is 34.5 Å². The monoisotopic (exact) mass is 529 g/mol. The van der Waals surface area contributed by atoms with Crippen molar-refractivity contribution in [2.45, 2.75) is 53.0 Å². The Kier molecular flexibility index (Phi) is 7.30. The molecular formula is C24H28F3N2O6S+. The van der Waals surface area contributed by atoms with Crippen molar-refractivity contribution >= 4 is 29.1 Å². The molecule has 4 rings (SSSR count). The average Bonchev–Trinajstić information content (AvgIpc) is 2.80. The van der Waals surface area contributed by atoms with Crippen molar-refractivity contribution in [1.82, 2.24) is 0 Å². The van der Waals surface area contributed by atoms with E-state index >= 15 is 0 Å². The van der Waals surface area contributed by atoms with E-state index in [1.165, 1.54) is 17.8 Å². The standard InChI is InChI=1S/C24H27F3N2O6S/c1-29(2,22-20(32)18(30)19(31)21(35-22)23(33)34)11-5-10-28-14-6-3-4-7-16(14)36-17-9-8-13(12-15(17)28)24(25,26)27/h3-4,6-9,12,18-22,30-32H,5,10-11H2,1-2H3/p+1. The van der Waals surface area contributed by atoms with Gasteiger partial charge in [0.05, 0.1) is 37.6 Å². The molecule has 0 aromatic heterocycles. The van der Waals surface area contributed by atoms with Gasteiger partial charge in [-0.1, -0.05) is 23.9 Å². The molecule has 0 spiro atoms. The van der Waals surface area contributed by atoms with Gasteiger partial charge in [-0.05, 0) is 30.3 Å². The van der Waals surface area contributed by atoms with E-state index in [2.05, 4.69) is 0 Å². The summed E-state index contributed by atoms with van der Waals surface area (Å²) in [6, 6.07) is 11.1. The summed E-state index contributed by atoms with van der Waals surface area (Å²) < 4.78 is 45.7. The maximum Gasteiger partial charge on any atom is 0.416 e. The van der Waals surface area contributed by atoms with E-state index in [1.54, 1.807) is 14.1 Å². The zero-order valence-corrected chi connectivity index (χ0v) is 20.4. The van der Waals surface area contributed by atoms with Crippen LogP contribution in [-0.4, -0.2) is 88.7 Å². The van der Waals surface area contributed by atoms with Gasteiger partial charge >= 0.3 is 12.1 Å². The summed E-state index contributed by atoms with van der Waals surface area (Å²) in [5.41, 5.74) is 0.476. The number of fused-ring (bicyclic) bond motifs is 2. The summed E-state index contributed by atoms with van der Waals surface area (Å²) in [5, 5.41) is 40.0. The predicted molar refractivity (Wildman–Crippen MR) is 125 cm³/mol. The molecule has 4 N–H and O–H groups in total. The topological polar surface area (TPSA) is 110 Å². The van der Waals surface area contributed by atoms with E-state index in [0.29, 0.717) is 30.1 Å². The molecule has 0 bridgehead atoms. The number of quaternary nitrogens is 1. The molecule has 0 aliphatic carbocycles. The number of carboxylic acid groups (broad SMARTS) is 1.